The predicted octanol–water partition coefficient (Wildman–Crippen LogP) is -2.00. The summed E-state index contributed by atoms with van der Waals surface area (Å²) in [6, 6.07) is 0. The van der Waals surface area contributed by atoms with E-state index in [1.54, 1.807) is 0 Å². The van der Waals surface area contributed by atoms with Crippen molar-refractivity contribution in [1.29, 1.82) is 0 Å². The molecular formula is C7H14BrN. The lowest BCUT2D eigenvalue weighted by Gasteiger charge is -2.41. The van der Waals surface area contributed by atoms with Crippen molar-refractivity contribution in [3.8, 4) is 0 Å². The molecule has 2 heterocycles. The monoisotopic (exact) mass is 191 g/mol. The summed E-state index contributed by atoms with van der Waals surface area (Å²) in [6.07, 6.45) is 4.50. The summed E-state index contributed by atoms with van der Waals surface area (Å²) in [4.78, 5) is 0. The van der Waals surface area contributed by atoms with Gasteiger partial charge >= 0.3 is 0 Å². The van der Waals surface area contributed by atoms with Gasteiger partial charge in [0.15, 0.2) is 0 Å². The Bertz CT molecular complexity index is 91.1. The van der Waals surface area contributed by atoms with Crippen LogP contribution in [0.1, 0.15) is 19.3 Å². The first-order valence-electron chi connectivity index (χ1n) is 3.76. The van der Waals surface area contributed by atoms with Crippen LogP contribution < -0.4 is 17.0 Å². The fourth-order valence-corrected chi connectivity index (χ4v) is 2.06. The molecule has 0 aromatic carbocycles. The topological polar surface area (TPSA) is 0 Å². The molecule has 0 saturated carbocycles. The molecule has 0 radical (unpaired) electrons. The van der Waals surface area contributed by atoms with Gasteiger partial charge in [0.1, 0.15) is 0 Å². The molecule has 2 aliphatic rings. The SMILES string of the molecule is C1CC[N+]2(C1)CCC2.[Br-]. The number of halogens is 1. The summed E-state index contributed by atoms with van der Waals surface area (Å²) in [5.74, 6) is 0. The minimum atomic E-state index is 0. The first-order chi connectivity index (χ1) is 3.91. The Labute approximate surface area is 67.4 Å². The molecule has 0 bridgehead atoms. The molecular weight excluding hydrogens is 178 g/mol. The summed E-state index contributed by atoms with van der Waals surface area (Å²) in [6.45, 7) is 6.00. The molecule has 2 saturated heterocycles. The molecule has 2 aliphatic heterocycles. The lowest BCUT2D eigenvalue weighted by molar-refractivity contribution is -0.952. The Kier molecular flexibility index (Phi) is 2.17. The molecule has 2 rings (SSSR count). The van der Waals surface area contributed by atoms with E-state index >= 15 is 0 Å². The third-order valence-corrected chi connectivity index (χ3v) is 2.78. The molecule has 54 valence electrons. The Morgan fingerprint density at radius 1 is 0.667 bits per heavy atom. The Morgan fingerprint density at radius 2 is 1.11 bits per heavy atom. The Balaban J connectivity index is 0.000000405. The van der Waals surface area contributed by atoms with Crippen LogP contribution in [0.4, 0.5) is 0 Å². The summed E-state index contributed by atoms with van der Waals surface area (Å²) in [7, 11) is 0. The highest BCUT2D eigenvalue weighted by atomic mass is 79.9. The minimum Gasteiger partial charge on any atom is -1.00 e. The maximum absolute atomic E-state index is 1.50. The second-order valence-electron chi connectivity index (χ2n) is 3.30. The molecule has 9 heavy (non-hydrogen) atoms. The van der Waals surface area contributed by atoms with Crippen molar-refractivity contribution in [2.24, 2.45) is 0 Å². The van der Waals surface area contributed by atoms with E-state index in [0.29, 0.717) is 0 Å². The average molecular weight is 192 g/mol. The fourth-order valence-electron chi connectivity index (χ4n) is 2.06. The third-order valence-electron chi connectivity index (χ3n) is 2.78. The van der Waals surface area contributed by atoms with Crippen molar-refractivity contribution in [2.75, 3.05) is 26.2 Å². The van der Waals surface area contributed by atoms with Crippen LogP contribution in [-0.4, -0.2) is 30.7 Å². The van der Waals surface area contributed by atoms with Gasteiger partial charge in [-0.1, -0.05) is 0 Å². The molecule has 2 heteroatoms. The Morgan fingerprint density at radius 3 is 1.33 bits per heavy atom. The highest BCUT2D eigenvalue weighted by Crippen LogP contribution is 2.26. The fraction of sp³-hybridized carbons (Fsp3) is 1.00. The van der Waals surface area contributed by atoms with Gasteiger partial charge in [-0.25, -0.2) is 0 Å². The van der Waals surface area contributed by atoms with Crippen LogP contribution in [0.2, 0.25) is 0 Å². The maximum atomic E-state index is 1.50. The van der Waals surface area contributed by atoms with Crippen molar-refractivity contribution in [3.05, 3.63) is 0 Å². The van der Waals surface area contributed by atoms with Gasteiger partial charge in [0.05, 0.1) is 26.2 Å². The zero-order chi connectivity index (χ0) is 5.45. The van der Waals surface area contributed by atoms with Gasteiger partial charge in [-0.2, -0.15) is 0 Å². The molecule has 2 fully saturated rings. The molecule has 1 spiro atoms. The van der Waals surface area contributed by atoms with Crippen LogP contribution in [0.3, 0.4) is 0 Å². The largest absolute Gasteiger partial charge is 1.00 e. The summed E-state index contributed by atoms with van der Waals surface area (Å²) in [5.41, 5.74) is 0. The van der Waals surface area contributed by atoms with Crippen molar-refractivity contribution >= 4 is 0 Å². The zero-order valence-corrected chi connectivity index (χ0v) is 7.36. The van der Waals surface area contributed by atoms with Crippen LogP contribution >= 0.6 is 0 Å². The van der Waals surface area contributed by atoms with E-state index in [0.717, 1.165) is 0 Å². The lowest BCUT2D eigenvalue weighted by atomic mass is 10.1. The normalized spacial score (nSPS) is 29.3. The first-order valence-corrected chi connectivity index (χ1v) is 3.76. The van der Waals surface area contributed by atoms with Crippen molar-refractivity contribution in [1.82, 2.24) is 0 Å². The van der Waals surface area contributed by atoms with Crippen molar-refractivity contribution in [3.63, 3.8) is 0 Å². The molecule has 0 N–H and O–H groups in total. The van der Waals surface area contributed by atoms with E-state index in [1.165, 1.54) is 49.9 Å². The number of hydrogen-bond donors (Lipinski definition) is 0. The van der Waals surface area contributed by atoms with E-state index in [4.69, 9.17) is 0 Å². The Hall–Kier alpha value is 0.440. The standard InChI is InChI=1S/C7H14N.BrH/c1-2-5-8(4-1)6-3-7-8;/h1-7H2;1H/q+1;/p-1. The van der Waals surface area contributed by atoms with Gasteiger partial charge in [-0.05, 0) is 0 Å². The summed E-state index contributed by atoms with van der Waals surface area (Å²) in [5, 5.41) is 0. The zero-order valence-electron chi connectivity index (χ0n) is 5.77. The second kappa shape index (κ2) is 2.59. The van der Waals surface area contributed by atoms with Gasteiger partial charge in [0.25, 0.3) is 0 Å². The average Bonchev–Trinajstić information content (AvgIpc) is 2.07. The van der Waals surface area contributed by atoms with Crippen molar-refractivity contribution < 1.29 is 21.5 Å². The van der Waals surface area contributed by atoms with Crippen LogP contribution in [0, 0.1) is 0 Å². The van der Waals surface area contributed by atoms with Crippen LogP contribution in [0.15, 0.2) is 0 Å². The van der Waals surface area contributed by atoms with Gasteiger partial charge in [-0.15, -0.1) is 0 Å². The van der Waals surface area contributed by atoms with E-state index < -0.39 is 0 Å². The lowest BCUT2D eigenvalue weighted by Crippen LogP contribution is -3.00. The van der Waals surface area contributed by atoms with Crippen LogP contribution in [-0.2, 0) is 0 Å². The van der Waals surface area contributed by atoms with Gasteiger partial charge in [0.2, 0.25) is 0 Å². The third kappa shape index (κ3) is 1.15. The number of nitrogens with zero attached hydrogens (tertiary/aromatic N) is 1. The van der Waals surface area contributed by atoms with Gasteiger partial charge < -0.3 is 21.5 Å². The molecule has 1 nitrogen and oxygen atoms in total. The van der Waals surface area contributed by atoms with E-state index in [9.17, 15) is 0 Å². The molecule has 0 unspecified atom stereocenters. The second-order valence-corrected chi connectivity index (χ2v) is 3.30. The molecule has 0 atom stereocenters. The van der Waals surface area contributed by atoms with Gasteiger partial charge in [-0.3, -0.25) is 0 Å². The molecule has 0 aromatic rings. The molecule has 0 aromatic heterocycles. The number of hydrogen-bond acceptors (Lipinski definition) is 0. The number of quaternary nitrogens is 1. The smallest absolute Gasteiger partial charge is 0.0841 e. The summed E-state index contributed by atoms with van der Waals surface area (Å²) < 4.78 is 1.50. The van der Waals surface area contributed by atoms with E-state index in [1.807, 2.05) is 0 Å². The number of rotatable bonds is 0. The highest BCUT2D eigenvalue weighted by molar-refractivity contribution is 4.61. The summed E-state index contributed by atoms with van der Waals surface area (Å²) >= 11 is 0. The molecule has 0 aliphatic carbocycles. The minimum absolute atomic E-state index is 0. The van der Waals surface area contributed by atoms with E-state index in [-0.39, 0.29) is 17.0 Å². The van der Waals surface area contributed by atoms with Gasteiger partial charge in [0, 0.05) is 19.3 Å². The highest BCUT2D eigenvalue weighted by Gasteiger charge is 2.37. The predicted molar refractivity (Wildman–Crippen MR) is 33.6 cm³/mol. The van der Waals surface area contributed by atoms with Crippen molar-refractivity contribution in [2.45, 2.75) is 19.3 Å². The van der Waals surface area contributed by atoms with Crippen LogP contribution in [0.25, 0.3) is 0 Å². The molecule has 0 amide bonds. The van der Waals surface area contributed by atoms with Crippen LogP contribution in [0.5, 0.6) is 0 Å². The quantitative estimate of drug-likeness (QED) is 0.390. The maximum Gasteiger partial charge on any atom is 0.0841 e. The van der Waals surface area contributed by atoms with E-state index in [2.05, 4.69) is 0 Å². The first kappa shape index (κ1) is 7.55.